The molecule has 28 heavy (non-hydrogen) atoms. The van der Waals surface area contributed by atoms with Gasteiger partial charge in [-0.3, -0.25) is 14.3 Å². The molecule has 1 heterocycles. The average molecular weight is 426 g/mol. The van der Waals surface area contributed by atoms with E-state index in [1.54, 1.807) is 7.05 Å². The Morgan fingerprint density at radius 2 is 1.89 bits per heavy atom. The lowest BCUT2D eigenvalue weighted by Crippen LogP contribution is -2.36. The molecule has 2 N–H and O–H groups in total. The fourth-order valence-electron chi connectivity index (χ4n) is 2.79. The van der Waals surface area contributed by atoms with Crippen molar-refractivity contribution in [3.8, 4) is 0 Å². The third kappa shape index (κ3) is 4.42. The summed E-state index contributed by atoms with van der Waals surface area (Å²) >= 11 is 6.06. The van der Waals surface area contributed by atoms with E-state index < -0.39 is 21.7 Å². The van der Waals surface area contributed by atoms with Crippen molar-refractivity contribution in [2.24, 2.45) is 0 Å². The number of hydrogen-bond donors (Lipinski definition) is 2. The van der Waals surface area contributed by atoms with Gasteiger partial charge in [0.25, 0.3) is 15.9 Å². The van der Waals surface area contributed by atoms with E-state index >= 15 is 0 Å². The first kappa shape index (κ1) is 20.1. The molecule has 1 aliphatic rings. The Morgan fingerprint density at radius 3 is 2.50 bits per heavy atom. The number of hydrogen-bond acceptors (Lipinski definition) is 4. The van der Waals surface area contributed by atoms with Crippen molar-refractivity contribution in [3.63, 3.8) is 0 Å². The lowest BCUT2D eigenvalue weighted by atomic mass is 10.1. The maximum Gasteiger partial charge on any atom is 0.261 e. The maximum atomic E-state index is 13.0. The smallest absolute Gasteiger partial charge is 0.261 e. The van der Waals surface area contributed by atoms with Crippen LogP contribution in [0.1, 0.15) is 16.8 Å². The number of carbonyl (C=O) groups excluding carboxylic acids is 2. The third-order valence-electron chi connectivity index (χ3n) is 4.27. The molecule has 0 radical (unpaired) electrons. The van der Waals surface area contributed by atoms with E-state index in [0.717, 1.165) is 24.3 Å². The zero-order valence-electron chi connectivity index (χ0n) is 14.8. The van der Waals surface area contributed by atoms with Gasteiger partial charge in [0.1, 0.15) is 5.82 Å². The van der Waals surface area contributed by atoms with Crippen LogP contribution in [0.2, 0.25) is 5.02 Å². The summed E-state index contributed by atoms with van der Waals surface area (Å²) in [6.07, 6.45) is 0.208. The van der Waals surface area contributed by atoms with Gasteiger partial charge in [-0.2, -0.15) is 0 Å². The Balaban J connectivity index is 1.78. The number of likely N-dealkylation sites (tertiary alicyclic amines) is 1. The van der Waals surface area contributed by atoms with Crippen LogP contribution < -0.4 is 10.0 Å². The summed E-state index contributed by atoms with van der Waals surface area (Å²) in [6.45, 7) is 0.405. The predicted octanol–water partition coefficient (Wildman–Crippen LogP) is 2.24. The minimum atomic E-state index is -4.02. The fraction of sp³-hybridized carbons (Fsp3) is 0.222. The van der Waals surface area contributed by atoms with E-state index in [-0.39, 0.29) is 39.5 Å². The van der Waals surface area contributed by atoms with E-state index in [9.17, 15) is 22.4 Å². The van der Waals surface area contributed by atoms with Crippen LogP contribution in [-0.4, -0.2) is 44.8 Å². The highest BCUT2D eigenvalue weighted by molar-refractivity contribution is 7.92. The average Bonchev–Trinajstić information content (AvgIpc) is 2.94. The molecular formula is C18H17ClFN3O4S. The molecule has 2 aromatic carbocycles. The van der Waals surface area contributed by atoms with E-state index in [2.05, 4.69) is 10.0 Å². The second-order valence-electron chi connectivity index (χ2n) is 6.40. The van der Waals surface area contributed by atoms with Crippen molar-refractivity contribution in [2.45, 2.75) is 17.4 Å². The van der Waals surface area contributed by atoms with E-state index in [1.165, 1.54) is 23.1 Å². The first-order valence-electron chi connectivity index (χ1n) is 8.28. The monoisotopic (exact) mass is 425 g/mol. The molecule has 0 aliphatic carbocycles. The number of halogens is 2. The summed E-state index contributed by atoms with van der Waals surface area (Å²) in [5.41, 5.74) is 0.196. The highest BCUT2D eigenvalue weighted by Crippen LogP contribution is 2.26. The first-order chi connectivity index (χ1) is 13.2. The largest absolute Gasteiger partial charge is 0.347 e. The van der Waals surface area contributed by atoms with Crippen LogP contribution in [0.4, 0.5) is 10.1 Å². The lowest BCUT2D eigenvalue weighted by molar-refractivity contribution is -0.126. The van der Waals surface area contributed by atoms with Crippen molar-refractivity contribution in [1.82, 2.24) is 10.2 Å². The van der Waals surface area contributed by atoms with Crippen LogP contribution >= 0.6 is 11.6 Å². The normalized spacial score (nSPS) is 16.9. The number of carbonyl (C=O) groups is 2. The molecule has 0 unspecified atom stereocenters. The molecule has 0 saturated carbocycles. The van der Waals surface area contributed by atoms with Crippen LogP contribution in [0.25, 0.3) is 0 Å². The Labute approximate surface area is 166 Å². The van der Waals surface area contributed by atoms with Gasteiger partial charge in [0.15, 0.2) is 0 Å². The van der Waals surface area contributed by atoms with Gasteiger partial charge in [-0.1, -0.05) is 11.6 Å². The summed E-state index contributed by atoms with van der Waals surface area (Å²) in [6, 6.07) is 8.13. The first-order valence-corrected chi connectivity index (χ1v) is 10.1. The highest BCUT2D eigenvalue weighted by Gasteiger charge is 2.28. The van der Waals surface area contributed by atoms with Gasteiger partial charge in [0.05, 0.1) is 21.6 Å². The van der Waals surface area contributed by atoms with Crippen molar-refractivity contribution >= 4 is 39.1 Å². The molecule has 0 bridgehead atoms. The molecule has 0 spiro atoms. The highest BCUT2D eigenvalue weighted by atomic mass is 35.5. The van der Waals surface area contributed by atoms with Gasteiger partial charge < -0.3 is 10.2 Å². The number of rotatable bonds is 5. The van der Waals surface area contributed by atoms with Crippen molar-refractivity contribution in [2.75, 3.05) is 18.3 Å². The Hall–Kier alpha value is -2.65. The number of nitrogens with zero attached hydrogens (tertiary/aromatic N) is 1. The third-order valence-corrected chi connectivity index (χ3v) is 5.98. The standard InChI is InChI=1S/C18H17ClFN3O4S/c1-23-10-13(9-17(23)24)21-18(25)11-2-7-15(19)16(8-11)22-28(26,27)14-5-3-12(20)4-6-14/h2-8,13,22H,9-10H2,1H3,(H,21,25)/t13-/m1/s1. The number of amides is 2. The fourth-order valence-corrected chi connectivity index (χ4v) is 4.08. The molecule has 2 amide bonds. The minimum Gasteiger partial charge on any atom is -0.347 e. The Morgan fingerprint density at radius 1 is 1.21 bits per heavy atom. The number of anilines is 1. The van der Waals surface area contributed by atoms with Gasteiger partial charge in [0, 0.05) is 25.6 Å². The van der Waals surface area contributed by atoms with E-state index in [1.807, 2.05) is 0 Å². The number of sulfonamides is 1. The number of nitrogens with one attached hydrogen (secondary N) is 2. The summed E-state index contributed by atoms with van der Waals surface area (Å²) in [5, 5.41) is 2.84. The van der Waals surface area contributed by atoms with Crippen LogP contribution in [0.3, 0.4) is 0 Å². The second-order valence-corrected chi connectivity index (χ2v) is 8.49. The van der Waals surface area contributed by atoms with Gasteiger partial charge in [-0.25, -0.2) is 12.8 Å². The summed E-state index contributed by atoms with van der Waals surface area (Å²) < 4.78 is 40.2. The van der Waals surface area contributed by atoms with Gasteiger partial charge in [-0.15, -0.1) is 0 Å². The van der Waals surface area contributed by atoms with E-state index in [4.69, 9.17) is 11.6 Å². The molecule has 148 valence electrons. The van der Waals surface area contributed by atoms with Crippen molar-refractivity contribution in [1.29, 1.82) is 0 Å². The predicted molar refractivity (Wildman–Crippen MR) is 102 cm³/mol. The zero-order chi connectivity index (χ0) is 20.5. The van der Waals surface area contributed by atoms with Gasteiger partial charge in [-0.05, 0) is 42.5 Å². The molecule has 0 aromatic heterocycles. The van der Waals surface area contributed by atoms with Crippen LogP contribution in [0.15, 0.2) is 47.4 Å². The SMILES string of the molecule is CN1C[C@H](NC(=O)c2ccc(Cl)c(NS(=O)(=O)c3ccc(F)cc3)c2)CC1=O. The quantitative estimate of drug-likeness (QED) is 0.768. The lowest BCUT2D eigenvalue weighted by Gasteiger charge is -2.14. The number of likely N-dealkylation sites (N-methyl/N-ethyl adjacent to an activating group) is 1. The zero-order valence-corrected chi connectivity index (χ0v) is 16.3. The molecule has 1 atom stereocenters. The molecule has 7 nitrogen and oxygen atoms in total. The Bertz CT molecular complexity index is 1030. The molecule has 3 rings (SSSR count). The minimum absolute atomic E-state index is 0.0123. The van der Waals surface area contributed by atoms with Crippen LogP contribution in [0.5, 0.6) is 0 Å². The molecule has 1 fully saturated rings. The molecule has 1 aliphatic heterocycles. The van der Waals surface area contributed by atoms with Gasteiger partial charge in [0.2, 0.25) is 5.91 Å². The second kappa shape index (κ2) is 7.76. The maximum absolute atomic E-state index is 13.0. The van der Waals surface area contributed by atoms with Crippen molar-refractivity contribution in [3.05, 3.63) is 58.9 Å². The molecule has 1 saturated heterocycles. The van der Waals surface area contributed by atoms with E-state index in [0.29, 0.717) is 6.54 Å². The van der Waals surface area contributed by atoms with Gasteiger partial charge >= 0.3 is 0 Å². The summed E-state index contributed by atoms with van der Waals surface area (Å²) in [5.74, 6) is -1.08. The van der Waals surface area contributed by atoms with Crippen molar-refractivity contribution < 1.29 is 22.4 Å². The molecule has 10 heteroatoms. The van der Waals surface area contributed by atoms with Crippen LogP contribution in [-0.2, 0) is 14.8 Å². The topological polar surface area (TPSA) is 95.6 Å². The Kier molecular flexibility index (Phi) is 5.57. The van der Waals surface area contributed by atoms with Crippen LogP contribution in [0, 0.1) is 5.82 Å². The summed E-state index contributed by atoms with van der Waals surface area (Å²) in [4.78, 5) is 25.4. The molecule has 2 aromatic rings. The summed E-state index contributed by atoms with van der Waals surface area (Å²) in [7, 11) is -2.36. The number of benzene rings is 2. The molecular weight excluding hydrogens is 409 g/mol.